The Morgan fingerprint density at radius 1 is 1.20 bits per heavy atom. The number of benzene rings is 1. The van der Waals surface area contributed by atoms with Crippen molar-refractivity contribution in [2.24, 2.45) is 0 Å². The summed E-state index contributed by atoms with van der Waals surface area (Å²) in [6.45, 7) is 0. The molecule has 2 rings (SSSR count). The Kier molecular flexibility index (Phi) is 3.81. The molecular weight excluding hydrogens is 291 g/mol. The molecule has 0 amide bonds. The molecule has 1 N–H and O–H groups in total. The van der Waals surface area contributed by atoms with Gasteiger partial charge in [-0.25, -0.2) is 4.98 Å². The van der Waals surface area contributed by atoms with E-state index in [1.54, 1.807) is 0 Å². The largest absolute Gasteiger partial charge is 0.416 e. The second-order valence-corrected chi connectivity index (χ2v) is 4.33. The van der Waals surface area contributed by atoms with E-state index in [0.717, 1.165) is 12.1 Å². The summed E-state index contributed by atoms with van der Waals surface area (Å²) < 4.78 is 38.0. The van der Waals surface area contributed by atoms with Gasteiger partial charge in [0.25, 0.3) is 0 Å². The minimum atomic E-state index is -4.48. The summed E-state index contributed by atoms with van der Waals surface area (Å²) in [6, 6.07) is 7.94. The van der Waals surface area contributed by atoms with Crippen molar-refractivity contribution in [3.8, 4) is 6.07 Å². The van der Waals surface area contributed by atoms with Gasteiger partial charge in [-0.3, -0.25) is 0 Å². The number of nitrogens with zero attached hydrogens (tertiary/aromatic N) is 2. The van der Waals surface area contributed by atoms with E-state index < -0.39 is 11.7 Å². The minimum absolute atomic E-state index is 0.0428. The van der Waals surface area contributed by atoms with Gasteiger partial charge in [-0.1, -0.05) is 11.6 Å². The molecule has 3 nitrogen and oxygen atoms in total. The van der Waals surface area contributed by atoms with E-state index in [4.69, 9.17) is 16.9 Å². The van der Waals surface area contributed by atoms with Gasteiger partial charge >= 0.3 is 6.18 Å². The lowest BCUT2D eigenvalue weighted by Crippen LogP contribution is -2.05. The fraction of sp³-hybridized carbons (Fsp3) is 0.0769. The van der Waals surface area contributed by atoms with Crippen LogP contribution in [0.15, 0.2) is 36.5 Å². The molecule has 0 radical (unpaired) electrons. The number of hydrogen-bond acceptors (Lipinski definition) is 3. The average molecular weight is 298 g/mol. The van der Waals surface area contributed by atoms with Gasteiger partial charge in [0.15, 0.2) is 0 Å². The number of nitrogens with one attached hydrogen (secondary N) is 1. The van der Waals surface area contributed by atoms with E-state index in [9.17, 15) is 13.2 Å². The highest BCUT2D eigenvalue weighted by atomic mass is 35.5. The van der Waals surface area contributed by atoms with E-state index in [-0.39, 0.29) is 16.5 Å². The maximum Gasteiger partial charge on any atom is 0.416 e. The summed E-state index contributed by atoms with van der Waals surface area (Å²) in [5.41, 5.74) is -0.364. The summed E-state index contributed by atoms with van der Waals surface area (Å²) in [6.07, 6.45) is -3.10. The molecule has 0 aliphatic carbocycles. The lowest BCUT2D eigenvalue weighted by Gasteiger charge is -2.11. The Hall–Kier alpha value is -2.26. The van der Waals surface area contributed by atoms with Crippen LogP contribution < -0.4 is 5.32 Å². The van der Waals surface area contributed by atoms with Gasteiger partial charge in [-0.2, -0.15) is 18.4 Å². The van der Waals surface area contributed by atoms with Gasteiger partial charge in [0.05, 0.1) is 17.2 Å². The Morgan fingerprint density at radius 3 is 2.60 bits per heavy atom. The number of pyridine rings is 1. The van der Waals surface area contributed by atoms with E-state index in [0.29, 0.717) is 5.56 Å². The third kappa shape index (κ3) is 3.39. The number of halogens is 4. The van der Waals surface area contributed by atoms with E-state index >= 15 is 0 Å². The van der Waals surface area contributed by atoms with Crippen LogP contribution in [0.1, 0.15) is 11.1 Å². The van der Waals surface area contributed by atoms with Gasteiger partial charge < -0.3 is 5.32 Å². The molecule has 0 fully saturated rings. The molecule has 0 atom stereocenters. The third-order valence-electron chi connectivity index (χ3n) is 2.39. The summed E-state index contributed by atoms with van der Waals surface area (Å²) in [5.74, 6) is 0.263. The lowest BCUT2D eigenvalue weighted by atomic mass is 10.2. The Bertz CT molecular complexity index is 677. The third-order valence-corrected chi connectivity index (χ3v) is 2.60. The van der Waals surface area contributed by atoms with E-state index in [1.165, 1.54) is 24.4 Å². The van der Waals surface area contributed by atoms with Crippen molar-refractivity contribution in [2.45, 2.75) is 6.18 Å². The molecule has 20 heavy (non-hydrogen) atoms. The summed E-state index contributed by atoms with van der Waals surface area (Å²) in [7, 11) is 0. The molecule has 0 spiro atoms. The normalized spacial score (nSPS) is 10.9. The SMILES string of the molecule is N#Cc1ccnc(Nc2cc(Cl)cc(C(F)(F)F)c2)c1. The average Bonchev–Trinajstić information content (AvgIpc) is 2.37. The van der Waals surface area contributed by atoms with Crippen molar-refractivity contribution in [1.29, 1.82) is 5.26 Å². The van der Waals surface area contributed by atoms with Gasteiger partial charge in [-0.05, 0) is 30.3 Å². The van der Waals surface area contributed by atoms with Crippen LogP contribution in [0.2, 0.25) is 5.02 Å². The van der Waals surface area contributed by atoms with Crippen molar-refractivity contribution >= 4 is 23.1 Å². The van der Waals surface area contributed by atoms with Gasteiger partial charge in [0, 0.05) is 16.9 Å². The number of aromatic nitrogens is 1. The summed E-state index contributed by atoms with van der Waals surface area (Å²) in [4.78, 5) is 3.92. The highest BCUT2D eigenvalue weighted by Gasteiger charge is 2.31. The fourth-order valence-corrected chi connectivity index (χ4v) is 1.78. The topological polar surface area (TPSA) is 48.7 Å². The smallest absolute Gasteiger partial charge is 0.340 e. The van der Waals surface area contributed by atoms with Gasteiger partial charge in [0.1, 0.15) is 5.82 Å². The maximum atomic E-state index is 12.7. The standard InChI is InChI=1S/C13H7ClF3N3/c14-10-4-9(13(15,16)17)5-11(6-10)20-12-3-8(7-18)1-2-19-12/h1-6H,(H,19,20). The lowest BCUT2D eigenvalue weighted by molar-refractivity contribution is -0.137. The number of alkyl halides is 3. The zero-order chi connectivity index (χ0) is 14.8. The van der Waals surface area contributed by atoms with Crippen molar-refractivity contribution in [2.75, 3.05) is 5.32 Å². The molecule has 1 heterocycles. The first-order valence-electron chi connectivity index (χ1n) is 5.39. The van der Waals surface area contributed by atoms with Crippen LogP contribution in [-0.4, -0.2) is 4.98 Å². The number of rotatable bonds is 2. The first-order chi connectivity index (χ1) is 9.38. The number of hydrogen-bond donors (Lipinski definition) is 1. The zero-order valence-electron chi connectivity index (χ0n) is 9.87. The van der Waals surface area contributed by atoms with Gasteiger partial charge in [-0.15, -0.1) is 0 Å². The van der Waals surface area contributed by atoms with Crippen LogP contribution in [0.25, 0.3) is 0 Å². The Morgan fingerprint density at radius 2 is 1.95 bits per heavy atom. The summed E-state index contributed by atoms with van der Waals surface area (Å²) in [5, 5.41) is 11.4. The first kappa shape index (κ1) is 14.2. The highest BCUT2D eigenvalue weighted by molar-refractivity contribution is 6.31. The first-order valence-corrected chi connectivity index (χ1v) is 5.77. The zero-order valence-corrected chi connectivity index (χ0v) is 10.6. The fourth-order valence-electron chi connectivity index (χ4n) is 1.54. The molecule has 0 unspecified atom stereocenters. The van der Waals surface area contributed by atoms with E-state index in [2.05, 4.69) is 10.3 Å². The van der Waals surface area contributed by atoms with Crippen LogP contribution in [-0.2, 0) is 6.18 Å². The number of nitriles is 1. The molecule has 0 saturated carbocycles. The van der Waals surface area contributed by atoms with Gasteiger partial charge in [0.2, 0.25) is 0 Å². The molecule has 1 aromatic heterocycles. The number of anilines is 2. The molecule has 0 aliphatic heterocycles. The Balaban J connectivity index is 2.34. The molecule has 0 aliphatic rings. The van der Waals surface area contributed by atoms with Crippen molar-refractivity contribution < 1.29 is 13.2 Å². The van der Waals surface area contributed by atoms with Crippen molar-refractivity contribution in [3.63, 3.8) is 0 Å². The molecular formula is C13H7ClF3N3. The Labute approximate surface area is 117 Å². The second-order valence-electron chi connectivity index (χ2n) is 3.89. The second kappa shape index (κ2) is 5.39. The van der Waals surface area contributed by atoms with Crippen LogP contribution in [0.3, 0.4) is 0 Å². The van der Waals surface area contributed by atoms with Crippen LogP contribution in [0, 0.1) is 11.3 Å². The highest BCUT2D eigenvalue weighted by Crippen LogP contribution is 2.33. The molecule has 7 heteroatoms. The quantitative estimate of drug-likeness (QED) is 0.895. The van der Waals surface area contributed by atoms with Crippen LogP contribution in [0.5, 0.6) is 0 Å². The summed E-state index contributed by atoms with van der Waals surface area (Å²) >= 11 is 5.67. The van der Waals surface area contributed by atoms with Crippen LogP contribution in [0.4, 0.5) is 24.7 Å². The predicted molar refractivity (Wildman–Crippen MR) is 68.7 cm³/mol. The predicted octanol–water partition coefficient (Wildman–Crippen LogP) is 4.37. The van der Waals surface area contributed by atoms with Crippen molar-refractivity contribution in [1.82, 2.24) is 4.98 Å². The van der Waals surface area contributed by atoms with Crippen molar-refractivity contribution in [3.05, 3.63) is 52.7 Å². The minimum Gasteiger partial charge on any atom is -0.340 e. The molecule has 102 valence electrons. The van der Waals surface area contributed by atoms with E-state index in [1.807, 2.05) is 6.07 Å². The monoisotopic (exact) mass is 297 g/mol. The maximum absolute atomic E-state index is 12.7. The van der Waals surface area contributed by atoms with Crippen LogP contribution >= 0.6 is 11.6 Å². The molecule has 0 bridgehead atoms. The molecule has 1 aromatic carbocycles. The molecule has 2 aromatic rings. The molecule has 0 saturated heterocycles.